The predicted molar refractivity (Wildman–Crippen MR) is 131 cm³/mol. The molecule has 3 aromatic heterocycles. The second-order valence-electron chi connectivity index (χ2n) is 8.38. The minimum absolute atomic E-state index is 0.0823. The molecule has 8 nitrogen and oxygen atoms in total. The van der Waals surface area contributed by atoms with E-state index >= 15 is 0 Å². The predicted octanol–water partition coefficient (Wildman–Crippen LogP) is 4.50. The van der Waals surface area contributed by atoms with Gasteiger partial charge >= 0.3 is 0 Å². The van der Waals surface area contributed by atoms with Crippen LogP contribution in [-0.4, -0.2) is 35.4 Å². The van der Waals surface area contributed by atoms with Crippen molar-refractivity contribution < 1.29 is 4.79 Å². The maximum Gasteiger partial charge on any atom is 0.225 e. The lowest BCUT2D eigenvalue weighted by atomic mass is 10.1. The first-order valence-electron chi connectivity index (χ1n) is 11.2. The molecular formula is C26H25N7O. The first kappa shape index (κ1) is 21.5. The number of carbonyl (C=O) groups excluding carboxylic acids is 1. The number of fused-ring (bicyclic) bond motifs is 1. The van der Waals surface area contributed by atoms with E-state index < -0.39 is 0 Å². The molecule has 0 unspecified atom stereocenters. The van der Waals surface area contributed by atoms with Crippen molar-refractivity contribution >= 4 is 22.8 Å². The summed E-state index contributed by atoms with van der Waals surface area (Å²) in [6, 6.07) is 18.0. The number of amides is 1. The molecule has 0 spiro atoms. The fraction of sp³-hybridized carbons (Fsp3) is 0.192. The molecule has 5 aromatic rings. The summed E-state index contributed by atoms with van der Waals surface area (Å²) in [5.41, 5.74) is 5.88. The minimum atomic E-state index is -0.0823. The van der Waals surface area contributed by atoms with Gasteiger partial charge in [-0.3, -0.25) is 4.79 Å². The second kappa shape index (κ2) is 8.90. The largest absolute Gasteiger partial charge is 0.311 e. The standard InChI is InChI=1S/C26H25N7O/c1-17-9-11-21(13-18(17)2)32-25-22(15-29-32)26(28-16-27-25)33-23(14-19(3)31-33)30-24(34)12-10-20-7-5-4-6-8-20/h4-9,11,13-16H,10,12H2,1-3H3,(H,30,34). The van der Waals surface area contributed by atoms with Gasteiger partial charge in [0.25, 0.3) is 0 Å². The van der Waals surface area contributed by atoms with Gasteiger partial charge in [0.2, 0.25) is 5.91 Å². The lowest BCUT2D eigenvalue weighted by Crippen LogP contribution is -2.16. The van der Waals surface area contributed by atoms with E-state index in [1.54, 1.807) is 15.6 Å². The van der Waals surface area contributed by atoms with Crippen molar-refractivity contribution in [3.05, 3.63) is 89.5 Å². The number of hydrogen-bond acceptors (Lipinski definition) is 5. The zero-order valence-corrected chi connectivity index (χ0v) is 19.4. The molecule has 0 bridgehead atoms. The number of nitrogens with one attached hydrogen (secondary N) is 1. The highest BCUT2D eigenvalue weighted by Gasteiger charge is 2.18. The van der Waals surface area contributed by atoms with Crippen molar-refractivity contribution in [2.24, 2.45) is 0 Å². The Labute approximate surface area is 197 Å². The van der Waals surface area contributed by atoms with Crippen LogP contribution < -0.4 is 5.32 Å². The van der Waals surface area contributed by atoms with E-state index in [-0.39, 0.29) is 5.91 Å². The molecule has 0 aliphatic rings. The third kappa shape index (κ3) is 4.17. The van der Waals surface area contributed by atoms with Gasteiger partial charge in [0.15, 0.2) is 11.5 Å². The third-order valence-electron chi connectivity index (χ3n) is 5.86. The molecular weight excluding hydrogens is 426 g/mol. The summed E-state index contributed by atoms with van der Waals surface area (Å²) >= 11 is 0. The normalized spacial score (nSPS) is 11.1. The summed E-state index contributed by atoms with van der Waals surface area (Å²) in [7, 11) is 0. The highest BCUT2D eigenvalue weighted by Crippen LogP contribution is 2.25. The number of benzene rings is 2. The molecule has 0 aliphatic heterocycles. The quantitative estimate of drug-likeness (QED) is 0.411. The zero-order valence-electron chi connectivity index (χ0n) is 19.4. The molecule has 1 N–H and O–H groups in total. The number of carbonyl (C=O) groups is 1. The average Bonchev–Trinajstić information content (AvgIpc) is 3.43. The van der Waals surface area contributed by atoms with E-state index in [0.29, 0.717) is 30.1 Å². The summed E-state index contributed by atoms with van der Waals surface area (Å²) in [6.45, 7) is 6.04. The SMILES string of the molecule is Cc1cc(NC(=O)CCc2ccccc2)n(-c2ncnc3c2cnn3-c2ccc(C)c(C)c2)n1. The molecule has 1 amide bonds. The first-order chi connectivity index (χ1) is 16.5. The molecule has 5 rings (SSSR count). The Morgan fingerprint density at radius 2 is 1.76 bits per heavy atom. The lowest BCUT2D eigenvalue weighted by molar-refractivity contribution is -0.116. The Hall–Kier alpha value is -4.33. The number of anilines is 1. The van der Waals surface area contributed by atoms with E-state index in [1.165, 1.54) is 17.5 Å². The van der Waals surface area contributed by atoms with Gasteiger partial charge in [0.05, 0.1) is 23.0 Å². The molecule has 3 heterocycles. The van der Waals surface area contributed by atoms with Crippen LogP contribution in [-0.2, 0) is 11.2 Å². The molecule has 0 fully saturated rings. The molecule has 0 atom stereocenters. The molecule has 0 saturated heterocycles. The fourth-order valence-corrected chi connectivity index (χ4v) is 3.90. The van der Waals surface area contributed by atoms with Crippen LogP contribution in [0.5, 0.6) is 0 Å². The smallest absolute Gasteiger partial charge is 0.225 e. The zero-order chi connectivity index (χ0) is 23.7. The molecule has 0 radical (unpaired) electrons. The van der Waals surface area contributed by atoms with Crippen LogP contribution in [0.1, 0.15) is 28.8 Å². The van der Waals surface area contributed by atoms with Gasteiger partial charge in [0, 0.05) is 12.5 Å². The van der Waals surface area contributed by atoms with Crippen molar-refractivity contribution in [2.45, 2.75) is 33.6 Å². The molecule has 0 saturated carbocycles. The monoisotopic (exact) mass is 451 g/mol. The fourth-order valence-electron chi connectivity index (χ4n) is 3.90. The summed E-state index contributed by atoms with van der Waals surface area (Å²) in [5, 5.41) is 12.9. The van der Waals surface area contributed by atoms with Crippen molar-refractivity contribution in [3.63, 3.8) is 0 Å². The van der Waals surface area contributed by atoms with Gasteiger partial charge in [-0.25, -0.2) is 14.6 Å². The van der Waals surface area contributed by atoms with Gasteiger partial charge < -0.3 is 5.32 Å². The summed E-state index contributed by atoms with van der Waals surface area (Å²) in [5.74, 6) is 1.04. The Kier molecular flexibility index (Phi) is 5.63. The molecule has 34 heavy (non-hydrogen) atoms. The maximum atomic E-state index is 12.7. The Bertz CT molecular complexity index is 1480. The number of aromatic nitrogens is 6. The summed E-state index contributed by atoms with van der Waals surface area (Å²) in [4.78, 5) is 21.6. The first-order valence-corrected chi connectivity index (χ1v) is 11.2. The molecule has 8 heteroatoms. The summed E-state index contributed by atoms with van der Waals surface area (Å²) in [6.07, 6.45) is 4.27. The van der Waals surface area contributed by atoms with Crippen molar-refractivity contribution in [3.8, 4) is 11.5 Å². The number of hydrogen-bond donors (Lipinski definition) is 1. The van der Waals surface area contributed by atoms with Gasteiger partial charge in [-0.05, 0) is 56.0 Å². The number of rotatable bonds is 6. The average molecular weight is 452 g/mol. The molecule has 170 valence electrons. The van der Waals surface area contributed by atoms with Crippen molar-refractivity contribution in [1.29, 1.82) is 0 Å². The van der Waals surface area contributed by atoms with Crippen LogP contribution in [0.3, 0.4) is 0 Å². The summed E-state index contributed by atoms with van der Waals surface area (Å²) < 4.78 is 3.44. The van der Waals surface area contributed by atoms with Gasteiger partial charge in [-0.2, -0.15) is 14.9 Å². The molecule has 0 aliphatic carbocycles. The van der Waals surface area contributed by atoms with Crippen LogP contribution in [0, 0.1) is 20.8 Å². The molecule has 2 aromatic carbocycles. The van der Waals surface area contributed by atoms with Crippen molar-refractivity contribution in [2.75, 3.05) is 5.32 Å². The second-order valence-corrected chi connectivity index (χ2v) is 8.38. The topological polar surface area (TPSA) is 90.5 Å². The van der Waals surface area contributed by atoms with E-state index in [2.05, 4.69) is 51.5 Å². The maximum absolute atomic E-state index is 12.7. The van der Waals surface area contributed by atoms with Crippen LogP contribution in [0.15, 0.2) is 67.1 Å². The number of nitrogens with zero attached hydrogens (tertiary/aromatic N) is 6. The Morgan fingerprint density at radius 1 is 0.941 bits per heavy atom. The Morgan fingerprint density at radius 3 is 2.56 bits per heavy atom. The van der Waals surface area contributed by atoms with Gasteiger partial charge in [0.1, 0.15) is 12.1 Å². The van der Waals surface area contributed by atoms with Crippen LogP contribution in [0.2, 0.25) is 0 Å². The van der Waals surface area contributed by atoms with E-state index in [4.69, 9.17) is 0 Å². The van der Waals surface area contributed by atoms with E-state index in [0.717, 1.165) is 22.3 Å². The highest BCUT2D eigenvalue weighted by atomic mass is 16.1. The van der Waals surface area contributed by atoms with Crippen LogP contribution in [0.4, 0.5) is 5.82 Å². The highest BCUT2D eigenvalue weighted by molar-refractivity contribution is 5.91. The van der Waals surface area contributed by atoms with Crippen LogP contribution in [0.25, 0.3) is 22.5 Å². The van der Waals surface area contributed by atoms with Crippen molar-refractivity contribution in [1.82, 2.24) is 29.5 Å². The minimum Gasteiger partial charge on any atom is -0.311 e. The van der Waals surface area contributed by atoms with Gasteiger partial charge in [-0.1, -0.05) is 36.4 Å². The lowest BCUT2D eigenvalue weighted by Gasteiger charge is -2.10. The van der Waals surface area contributed by atoms with E-state index in [9.17, 15) is 4.79 Å². The number of aryl methyl sites for hydroxylation is 4. The van der Waals surface area contributed by atoms with Crippen LogP contribution >= 0.6 is 0 Å². The van der Waals surface area contributed by atoms with Gasteiger partial charge in [-0.15, -0.1) is 0 Å². The third-order valence-corrected chi connectivity index (χ3v) is 5.86. The van der Waals surface area contributed by atoms with E-state index in [1.807, 2.05) is 49.4 Å². The Balaban J connectivity index is 1.46.